The van der Waals surface area contributed by atoms with Crippen molar-refractivity contribution in [2.45, 2.75) is 19.8 Å². The van der Waals surface area contributed by atoms with Gasteiger partial charge in [0.15, 0.2) is 13.2 Å². The SMILES string of the molecule is Cc1cccc([N+](=O)[O-])c1NC(=O)COC(=O)COc1ccc2c(c1)CCC(=O)N2. The minimum atomic E-state index is -0.768. The third-order valence-electron chi connectivity index (χ3n) is 4.41. The Kier molecular flexibility index (Phi) is 6.26. The molecule has 2 N–H and O–H groups in total. The van der Waals surface area contributed by atoms with E-state index in [9.17, 15) is 24.5 Å². The molecule has 1 heterocycles. The van der Waals surface area contributed by atoms with Gasteiger partial charge in [-0.3, -0.25) is 19.7 Å². The number of fused-ring (bicyclic) bond motifs is 1. The number of nitrogens with zero attached hydrogens (tertiary/aromatic N) is 1. The van der Waals surface area contributed by atoms with Gasteiger partial charge in [-0.15, -0.1) is 0 Å². The van der Waals surface area contributed by atoms with Crippen molar-refractivity contribution in [3.63, 3.8) is 0 Å². The third kappa shape index (κ3) is 5.10. The smallest absolute Gasteiger partial charge is 0.344 e. The van der Waals surface area contributed by atoms with Crippen LogP contribution in [0.4, 0.5) is 17.1 Å². The number of amides is 2. The van der Waals surface area contributed by atoms with E-state index in [0.29, 0.717) is 29.8 Å². The first-order chi connectivity index (χ1) is 14.3. The molecular weight excluding hydrogens is 394 g/mol. The average molecular weight is 413 g/mol. The number of carbonyl (C=O) groups is 3. The van der Waals surface area contributed by atoms with Crippen LogP contribution in [0, 0.1) is 17.0 Å². The summed E-state index contributed by atoms with van der Waals surface area (Å²) < 4.78 is 10.2. The Morgan fingerprint density at radius 3 is 2.77 bits per heavy atom. The molecule has 156 valence electrons. The second kappa shape index (κ2) is 9.03. The molecule has 0 radical (unpaired) electrons. The topological polar surface area (TPSA) is 137 Å². The number of hydrogen-bond acceptors (Lipinski definition) is 7. The molecule has 3 rings (SSSR count). The number of rotatable bonds is 7. The Balaban J connectivity index is 1.49. The molecule has 0 aliphatic carbocycles. The number of nitro groups is 1. The molecule has 0 atom stereocenters. The molecule has 1 aliphatic rings. The highest BCUT2D eigenvalue weighted by molar-refractivity contribution is 5.96. The summed E-state index contributed by atoms with van der Waals surface area (Å²) in [7, 11) is 0. The van der Waals surface area contributed by atoms with Gasteiger partial charge in [0.2, 0.25) is 5.91 Å². The lowest BCUT2D eigenvalue weighted by Gasteiger charge is -2.17. The van der Waals surface area contributed by atoms with Crippen LogP contribution >= 0.6 is 0 Å². The number of benzene rings is 2. The van der Waals surface area contributed by atoms with Crippen molar-refractivity contribution in [3.8, 4) is 5.75 Å². The summed E-state index contributed by atoms with van der Waals surface area (Å²) in [6.45, 7) is 0.597. The fourth-order valence-corrected chi connectivity index (χ4v) is 2.92. The van der Waals surface area contributed by atoms with Gasteiger partial charge >= 0.3 is 5.97 Å². The maximum Gasteiger partial charge on any atom is 0.344 e. The van der Waals surface area contributed by atoms with E-state index in [-0.39, 0.29) is 17.3 Å². The lowest BCUT2D eigenvalue weighted by Crippen LogP contribution is -2.24. The van der Waals surface area contributed by atoms with Crippen molar-refractivity contribution in [3.05, 3.63) is 57.6 Å². The summed E-state index contributed by atoms with van der Waals surface area (Å²) >= 11 is 0. The maximum absolute atomic E-state index is 12.0. The molecule has 0 unspecified atom stereocenters. The van der Waals surface area contributed by atoms with Crippen molar-refractivity contribution in [1.29, 1.82) is 0 Å². The Morgan fingerprint density at radius 2 is 2.00 bits per heavy atom. The normalized spacial score (nSPS) is 12.4. The number of esters is 1. The molecule has 10 heteroatoms. The zero-order chi connectivity index (χ0) is 21.7. The summed E-state index contributed by atoms with van der Waals surface area (Å²) in [6.07, 6.45) is 0.959. The number of para-hydroxylation sites is 1. The molecule has 0 fully saturated rings. The van der Waals surface area contributed by atoms with Crippen molar-refractivity contribution in [1.82, 2.24) is 0 Å². The van der Waals surface area contributed by atoms with Crippen LogP contribution in [0.3, 0.4) is 0 Å². The van der Waals surface area contributed by atoms with Gasteiger partial charge in [-0.1, -0.05) is 12.1 Å². The fourth-order valence-electron chi connectivity index (χ4n) is 2.92. The highest BCUT2D eigenvalue weighted by Crippen LogP contribution is 2.28. The second-order valence-corrected chi connectivity index (χ2v) is 6.59. The molecule has 0 saturated carbocycles. The minimum Gasteiger partial charge on any atom is -0.482 e. The van der Waals surface area contributed by atoms with Crippen LogP contribution in [0.1, 0.15) is 17.5 Å². The van der Waals surface area contributed by atoms with Crippen LogP contribution in [-0.2, 0) is 25.5 Å². The van der Waals surface area contributed by atoms with Crippen molar-refractivity contribution >= 4 is 34.8 Å². The minimum absolute atomic E-state index is 0.0472. The summed E-state index contributed by atoms with van der Waals surface area (Å²) in [4.78, 5) is 45.7. The first kappa shape index (κ1) is 20.8. The maximum atomic E-state index is 12.0. The molecule has 0 aromatic heterocycles. The molecule has 1 aliphatic heterocycles. The largest absolute Gasteiger partial charge is 0.482 e. The zero-order valence-electron chi connectivity index (χ0n) is 16.1. The van der Waals surface area contributed by atoms with Gasteiger partial charge in [0.1, 0.15) is 11.4 Å². The molecule has 0 saturated heterocycles. The van der Waals surface area contributed by atoms with Crippen LogP contribution in [0.2, 0.25) is 0 Å². The number of carbonyl (C=O) groups excluding carboxylic acids is 3. The lowest BCUT2D eigenvalue weighted by atomic mass is 10.0. The number of anilines is 2. The van der Waals surface area contributed by atoms with E-state index in [1.54, 1.807) is 31.2 Å². The van der Waals surface area contributed by atoms with E-state index in [0.717, 1.165) is 5.56 Å². The van der Waals surface area contributed by atoms with Gasteiger partial charge in [-0.2, -0.15) is 0 Å². The molecule has 30 heavy (non-hydrogen) atoms. The molecule has 2 aromatic carbocycles. The van der Waals surface area contributed by atoms with Crippen molar-refractivity contribution < 1.29 is 28.8 Å². The Hall–Kier alpha value is -3.95. The number of ether oxygens (including phenoxy) is 2. The summed E-state index contributed by atoms with van der Waals surface area (Å²) in [5.41, 5.74) is 1.93. The molecule has 0 spiro atoms. The Morgan fingerprint density at radius 1 is 1.20 bits per heavy atom. The molecule has 10 nitrogen and oxygen atoms in total. The number of nitro benzene ring substituents is 1. The lowest BCUT2D eigenvalue weighted by molar-refractivity contribution is -0.384. The second-order valence-electron chi connectivity index (χ2n) is 6.59. The third-order valence-corrected chi connectivity index (χ3v) is 4.41. The fraction of sp³-hybridized carbons (Fsp3) is 0.250. The first-order valence-electron chi connectivity index (χ1n) is 9.08. The molecule has 2 amide bonds. The first-order valence-corrected chi connectivity index (χ1v) is 9.08. The van der Waals surface area contributed by atoms with E-state index in [1.165, 1.54) is 12.1 Å². The van der Waals surface area contributed by atoms with Crippen LogP contribution in [0.15, 0.2) is 36.4 Å². The number of aryl methyl sites for hydroxylation is 2. The highest BCUT2D eigenvalue weighted by Gasteiger charge is 2.19. The Labute approximate surface area is 171 Å². The van der Waals surface area contributed by atoms with Crippen LogP contribution in [0.25, 0.3) is 0 Å². The van der Waals surface area contributed by atoms with Gasteiger partial charge in [0.05, 0.1) is 4.92 Å². The van der Waals surface area contributed by atoms with E-state index in [2.05, 4.69) is 10.6 Å². The van der Waals surface area contributed by atoms with Gasteiger partial charge in [0.25, 0.3) is 11.6 Å². The monoisotopic (exact) mass is 413 g/mol. The Bertz CT molecular complexity index is 1020. The summed E-state index contributed by atoms with van der Waals surface area (Å²) in [6, 6.07) is 9.43. The van der Waals surface area contributed by atoms with Crippen molar-refractivity contribution in [2.24, 2.45) is 0 Å². The van der Waals surface area contributed by atoms with Gasteiger partial charge < -0.3 is 20.1 Å². The predicted molar refractivity (Wildman–Crippen MR) is 106 cm³/mol. The molecule has 2 aromatic rings. The molecular formula is C20H19N3O7. The standard InChI is InChI=1S/C20H19N3O7/c1-12-3-2-4-16(23(27)28)20(12)22-18(25)10-30-19(26)11-29-14-6-7-15-13(9-14)5-8-17(24)21-15/h2-4,6-7,9H,5,8,10-11H2,1H3,(H,21,24)(H,22,25). The van der Waals surface area contributed by atoms with Crippen molar-refractivity contribution in [2.75, 3.05) is 23.8 Å². The van der Waals surface area contributed by atoms with E-state index in [1.807, 2.05) is 0 Å². The predicted octanol–water partition coefficient (Wildman–Crippen LogP) is 2.35. The van der Waals surface area contributed by atoms with Gasteiger partial charge in [-0.25, -0.2) is 4.79 Å². The number of nitrogens with one attached hydrogen (secondary N) is 2. The summed E-state index contributed by atoms with van der Waals surface area (Å²) in [5, 5.41) is 16.2. The average Bonchev–Trinajstić information content (AvgIpc) is 2.72. The van der Waals surface area contributed by atoms with Crippen LogP contribution in [0.5, 0.6) is 5.75 Å². The van der Waals surface area contributed by atoms with Gasteiger partial charge in [0, 0.05) is 18.2 Å². The van der Waals surface area contributed by atoms with E-state index >= 15 is 0 Å². The van der Waals surface area contributed by atoms with Crippen LogP contribution in [-0.4, -0.2) is 35.9 Å². The zero-order valence-corrected chi connectivity index (χ0v) is 16.1. The number of hydrogen-bond donors (Lipinski definition) is 2. The molecule has 0 bridgehead atoms. The van der Waals surface area contributed by atoms with Gasteiger partial charge in [-0.05, 0) is 42.7 Å². The highest BCUT2D eigenvalue weighted by atomic mass is 16.6. The van der Waals surface area contributed by atoms with E-state index in [4.69, 9.17) is 9.47 Å². The summed E-state index contributed by atoms with van der Waals surface area (Å²) in [5.74, 6) is -1.09. The quantitative estimate of drug-likeness (QED) is 0.404. The van der Waals surface area contributed by atoms with Crippen LogP contribution < -0.4 is 15.4 Å². The van der Waals surface area contributed by atoms with E-state index < -0.39 is 30.0 Å².